The van der Waals surface area contributed by atoms with Crippen molar-refractivity contribution >= 4 is 28.6 Å². The third-order valence-corrected chi connectivity index (χ3v) is 4.32. The van der Waals surface area contributed by atoms with E-state index in [1.165, 1.54) is 16.2 Å². The van der Waals surface area contributed by atoms with Crippen LogP contribution in [0.1, 0.15) is 38.6 Å². The van der Waals surface area contributed by atoms with Gasteiger partial charge in [0.1, 0.15) is 0 Å². The van der Waals surface area contributed by atoms with Crippen molar-refractivity contribution in [3.8, 4) is 0 Å². The predicted octanol–water partition coefficient (Wildman–Crippen LogP) is 3.45. The second-order valence-electron chi connectivity index (χ2n) is 3.69. The molecule has 2 aromatic heterocycles. The first-order valence-electron chi connectivity index (χ1n) is 5.45. The smallest absolute Gasteiger partial charge is 0.355 e. The standard InChI is InChI=1S/C12H13NO2S2/c1-2-4-9-11(12(14)15)13-10(17-9)7-8-5-3-6-16-8/h3,5-6H,2,4,7H2,1H3,(H,14,15). The van der Waals surface area contributed by atoms with Crippen LogP contribution in [0.2, 0.25) is 0 Å². The Hall–Kier alpha value is -1.20. The fourth-order valence-corrected chi connectivity index (χ4v) is 3.59. The Morgan fingerprint density at radius 1 is 1.53 bits per heavy atom. The summed E-state index contributed by atoms with van der Waals surface area (Å²) in [4.78, 5) is 17.4. The van der Waals surface area contributed by atoms with Crippen molar-refractivity contribution in [2.24, 2.45) is 0 Å². The number of thiazole rings is 1. The van der Waals surface area contributed by atoms with E-state index in [2.05, 4.69) is 4.98 Å². The molecule has 0 atom stereocenters. The zero-order valence-corrected chi connectivity index (χ0v) is 11.1. The Kier molecular flexibility index (Phi) is 3.91. The normalized spacial score (nSPS) is 10.6. The molecule has 0 spiro atoms. The molecule has 17 heavy (non-hydrogen) atoms. The fraction of sp³-hybridized carbons (Fsp3) is 0.333. The highest BCUT2D eigenvalue weighted by Gasteiger charge is 2.16. The maximum Gasteiger partial charge on any atom is 0.355 e. The van der Waals surface area contributed by atoms with E-state index in [1.54, 1.807) is 11.3 Å². The average molecular weight is 267 g/mol. The number of rotatable bonds is 5. The third kappa shape index (κ3) is 2.92. The van der Waals surface area contributed by atoms with Crippen molar-refractivity contribution < 1.29 is 9.90 Å². The van der Waals surface area contributed by atoms with Crippen LogP contribution < -0.4 is 0 Å². The number of carboxylic acids is 1. The molecule has 1 N–H and O–H groups in total. The zero-order chi connectivity index (χ0) is 12.3. The van der Waals surface area contributed by atoms with Crippen LogP contribution in [0.3, 0.4) is 0 Å². The second kappa shape index (κ2) is 5.42. The summed E-state index contributed by atoms with van der Waals surface area (Å²) < 4.78 is 0. The molecule has 0 aliphatic rings. The van der Waals surface area contributed by atoms with E-state index < -0.39 is 5.97 Å². The van der Waals surface area contributed by atoms with Gasteiger partial charge in [-0.05, 0) is 17.9 Å². The predicted molar refractivity (Wildman–Crippen MR) is 70.2 cm³/mol. The number of hydrogen-bond donors (Lipinski definition) is 1. The first-order valence-corrected chi connectivity index (χ1v) is 7.14. The van der Waals surface area contributed by atoms with E-state index in [9.17, 15) is 4.79 Å². The number of aromatic nitrogens is 1. The van der Waals surface area contributed by atoms with Gasteiger partial charge in [0, 0.05) is 16.2 Å². The Bertz CT molecular complexity index is 503. The molecular formula is C12H13NO2S2. The molecule has 0 aromatic carbocycles. The molecule has 90 valence electrons. The first-order chi connectivity index (χ1) is 8.20. The summed E-state index contributed by atoms with van der Waals surface area (Å²) in [5.74, 6) is -0.915. The topological polar surface area (TPSA) is 50.2 Å². The number of thiophene rings is 1. The molecule has 0 unspecified atom stereocenters. The number of hydrogen-bond acceptors (Lipinski definition) is 4. The zero-order valence-electron chi connectivity index (χ0n) is 9.47. The maximum absolute atomic E-state index is 11.1. The van der Waals surface area contributed by atoms with Gasteiger partial charge >= 0.3 is 5.97 Å². The van der Waals surface area contributed by atoms with Gasteiger partial charge in [-0.25, -0.2) is 9.78 Å². The Morgan fingerprint density at radius 3 is 2.94 bits per heavy atom. The molecule has 2 rings (SSSR count). The van der Waals surface area contributed by atoms with E-state index in [0.29, 0.717) is 0 Å². The van der Waals surface area contributed by atoms with Gasteiger partial charge in [-0.2, -0.15) is 0 Å². The van der Waals surface area contributed by atoms with Crippen LogP contribution in [0, 0.1) is 0 Å². The molecule has 0 bridgehead atoms. The minimum absolute atomic E-state index is 0.239. The van der Waals surface area contributed by atoms with Crippen molar-refractivity contribution in [3.05, 3.63) is 38.0 Å². The molecule has 0 aliphatic heterocycles. The van der Waals surface area contributed by atoms with Crippen molar-refractivity contribution in [2.75, 3.05) is 0 Å². The molecule has 0 saturated carbocycles. The van der Waals surface area contributed by atoms with Crippen molar-refractivity contribution in [2.45, 2.75) is 26.2 Å². The van der Waals surface area contributed by atoms with Gasteiger partial charge in [-0.1, -0.05) is 19.4 Å². The summed E-state index contributed by atoms with van der Waals surface area (Å²) in [5.41, 5.74) is 0.239. The SMILES string of the molecule is CCCc1sc(Cc2cccs2)nc1C(=O)O. The second-order valence-corrected chi connectivity index (χ2v) is 5.89. The maximum atomic E-state index is 11.1. The molecule has 3 nitrogen and oxygen atoms in total. The first kappa shape index (κ1) is 12.3. The van der Waals surface area contributed by atoms with Crippen LogP contribution in [0.15, 0.2) is 17.5 Å². The van der Waals surface area contributed by atoms with Crippen molar-refractivity contribution in [3.63, 3.8) is 0 Å². The van der Waals surface area contributed by atoms with Gasteiger partial charge in [0.2, 0.25) is 0 Å². The van der Waals surface area contributed by atoms with E-state index >= 15 is 0 Å². The Labute approximate surface area is 108 Å². The minimum Gasteiger partial charge on any atom is -0.476 e. The average Bonchev–Trinajstić information content (AvgIpc) is 2.89. The summed E-state index contributed by atoms with van der Waals surface area (Å²) in [5, 5.41) is 12.0. The molecular weight excluding hydrogens is 254 g/mol. The highest BCUT2D eigenvalue weighted by atomic mass is 32.1. The van der Waals surface area contributed by atoms with Crippen LogP contribution in [0.25, 0.3) is 0 Å². The third-order valence-electron chi connectivity index (χ3n) is 2.33. The van der Waals surface area contributed by atoms with Gasteiger partial charge in [0.25, 0.3) is 0 Å². The number of carboxylic acid groups (broad SMARTS) is 1. The van der Waals surface area contributed by atoms with Crippen LogP contribution in [-0.2, 0) is 12.8 Å². The summed E-state index contributed by atoms with van der Waals surface area (Å²) in [7, 11) is 0. The monoisotopic (exact) mass is 267 g/mol. The van der Waals surface area contributed by atoms with Gasteiger partial charge in [-0.3, -0.25) is 0 Å². The van der Waals surface area contributed by atoms with Crippen molar-refractivity contribution in [1.82, 2.24) is 4.98 Å². The summed E-state index contributed by atoms with van der Waals surface area (Å²) in [6.07, 6.45) is 2.48. The number of carbonyl (C=O) groups is 1. The number of nitrogens with zero attached hydrogens (tertiary/aromatic N) is 1. The van der Waals surface area contributed by atoms with Crippen LogP contribution in [0.4, 0.5) is 0 Å². The van der Waals surface area contributed by atoms with E-state index in [4.69, 9.17) is 5.11 Å². The van der Waals surface area contributed by atoms with Crippen LogP contribution in [0.5, 0.6) is 0 Å². The summed E-state index contributed by atoms with van der Waals surface area (Å²) in [6.45, 7) is 2.05. The fourth-order valence-electron chi connectivity index (χ4n) is 1.60. The molecule has 0 radical (unpaired) electrons. The lowest BCUT2D eigenvalue weighted by Gasteiger charge is -1.92. The minimum atomic E-state index is -0.915. The van der Waals surface area contributed by atoms with E-state index in [1.807, 2.05) is 24.4 Å². The van der Waals surface area contributed by atoms with Crippen LogP contribution >= 0.6 is 22.7 Å². The molecule has 0 amide bonds. The van der Waals surface area contributed by atoms with Gasteiger partial charge in [0.15, 0.2) is 5.69 Å². The van der Waals surface area contributed by atoms with E-state index in [0.717, 1.165) is 29.1 Å². The quantitative estimate of drug-likeness (QED) is 0.902. The van der Waals surface area contributed by atoms with Crippen LogP contribution in [-0.4, -0.2) is 16.1 Å². The lowest BCUT2D eigenvalue weighted by molar-refractivity contribution is 0.0690. The van der Waals surface area contributed by atoms with Gasteiger partial charge < -0.3 is 5.11 Å². The number of aromatic carboxylic acids is 1. The lowest BCUT2D eigenvalue weighted by Crippen LogP contribution is -2.01. The summed E-state index contributed by atoms with van der Waals surface area (Å²) >= 11 is 3.20. The Balaban J connectivity index is 2.24. The molecule has 2 heterocycles. The molecule has 5 heteroatoms. The Morgan fingerprint density at radius 2 is 2.35 bits per heavy atom. The highest BCUT2D eigenvalue weighted by molar-refractivity contribution is 7.12. The molecule has 0 aliphatic carbocycles. The molecule has 0 fully saturated rings. The van der Waals surface area contributed by atoms with Crippen molar-refractivity contribution in [1.29, 1.82) is 0 Å². The van der Waals surface area contributed by atoms with E-state index in [-0.39, 0.29) is 5.69 Å². The number of aryl methyl sites for hydroxylation is 1. The lowest BCUT2D eigenvalue weighted by atomic mass is 10.2. The highest BCUT2D eigenvalue weighted by Crippen LogP contribution is 2.24. The van der Waals surface area contributed by atoms with Gasteiger partial charge in [-0.15, -0.1) is 22.7 Å². The molecule has 0 saturated heterocycles. The summed E-state index contributed by atoms with van der Waals surface area (Å²) in [6, 6.07) is 4.05. The molecule has 2 aromatic rings. The van der Waals surface area contributed by atoms with Gasteiger partial charge in [0.05, 0.1) is 5.01 Å². The largest absolute Gasteiger partial charge is 0.476 e.